The maximum absolute atomic E-state index is 12.9. The highest BCUT2D eigenvalue weighted by Gasteiger charge is 2.46. The molecule has 3 fully saturated rings. The molecule has 61 heavy (non-hydrogen) atoms. The molecule has 30 heteroatoms. The summed E-state index contributed by atoms with van der Waals surface area (Å²) >= 11 is 0. The number of nitrogens with two attached hydrogens (primary N) is 2. The summed E-state index contributed by atoms with van der Waals surface area (Å²) in [7, 11) is 0. The lowest BCUT2D eigenvalue weighted by Gasteiger charge is -2.39. The van der Waals surface area contributed by atoms with Crippen LogP contribution in [-0.4, -0.2) is 226 Å². The van der Waals surface area contributed by atoms with E-state index in [1.165, 1.54) is 0 Å². The second-order valence-electron chi connectivity index (χ2n) is 13.8. The molecule has 3 saturated heterocycles. The number of carbonyl (C=O) groups is 5. The Morgan fingerprint density at radius 2 is 1.10 bits per heavy atom. The Morgan fingerprint density at radius 3 is 1.52 bits per heavy atom. The van der Waals surface area contributed by atoms with Crippen LogP contribution >= 0.6 is 0 Å². The average molecular weight is 878 g/mol. The minimum Gasteiger partial charge on any atom is -0.394 e. The van der Waals surface area contributed by atoms with Gasteiger partial charge in [0.25, 0.3) is 11.8 Å². The van der Waals surface area contributed by atoms with Gasteiger partial charge in [0, 0.05) is 13.1 Å². The first kappa shape index (κ1) is 47.1. The molecule has 2 aromatic rings. The number of nitrogens with zero attached hydrogens (tertiary/aromatic N) is 6. The third kappa shape index (κ3) is 11.9. The van der Waals surface area contributed by atoms with E-state index in [0.29, 0.717) is 0 Å². The molecule has 3 aliphatic heterocycles. The molecule has 2 aromatic heterocycles. The van der Waals surface area contributed by atoms with E-state index in [4.69, 9.17) is 39.9 Å². The number of aliphatic hydroxyl groups excluding tert-OH is 8. The van der Waals surface area contributed by atoms with Crippen LogP contribution in [0, 0.1) is 0 Å². The van der Waals surface area contributed by atoms with Gasteiger partial charge < -0.3 is 96.7 Å². The van der Waals surface area contributed by atoms with Gasteiger partial charge in [-0.3, -0.25) is 24.0 Å². The number of carbonyl (C=O) groups excluding carboxylic acids is 5. The lowest BCUT2D eigenvalue weighted by Crippen LogP contribution is -2.59. The largest absolute Gasteiger partial charge is 0.394 e. The summed E-state index contributed by atoms with van der Waals surface area (Å²) in [5, 5.41) is 96.3. The predicted octanol–water partition coefficient (Wildman–Crippen LogP) is -10.4. The van der Waals surface area contributed by atoms with Crippen molar-refractivity contribution in [3.63, 3.8) is 0 Å². The molecule has 0 radical (unpaired) electrons. The monoisotopic (exact) mass is 877 g/mol. The molecule has 3 aliphatic rings. The van der Waals surface area contributed by atoms with Crippen molar-refractivity contribution in [2.45, 2.75) is 85.8 Å². The van der Waals surface area contributed by atoms with Gasteiger partial charge in [0.15, 0.2) is 18.7 Å². The highest BCUT2D eigenvalue weighted by Crippen LogP contribution is 2.30. The molecule has 13 atom stereocenters. The molecule has 5 unspecified atom stereocenters. The zero-order chi connectivity index (χ0) is 44.5. The molecular weight excluding hydrogens is 830 g/mol. The smallest absolute Gasteiger partial charge is 0.288 e. The van der Waals surface area contributed by atoms with Crippen LogP contribution in [0.3, 0.4) is 0 Å². The SMILES string of the molecule is NC(=O)c1ncn([C@@H]2O[C@H](COCC(=O)NCC(CNC(=O)COC[C@H]3O[C@@H](n4cnc(C(N)=O)n4)[C@H](O)[C@@H]3O)NC(=O)COC3OC(CO)C(O)C(O)C3O)[C@@H](O)[C@H]2O)n1. The van der Waals surface area contributed by atoms with Crippen molar-refractivity contribution in [1.29, 1.82) is 0 Å². The van der Waals surface area contributed by atoms with E-state index in [1.54, 1.807) is 0 Å². The van der Waals surface area contributed by atoms with Gasteiger partial charge >= 0.3 is 0 Å². The van der Waals surface area contributed by atoms with Gasteiger partial charge in [-0.25, -0.2) is 19.3 Å². The van der Waals surface area contributed by atoms with Gasteiger partial charge in [-0.2, -0.15) is 0 Å². The molecule has 30 nitrogen and oxygen atoms in total. The number of hydrogen-bond donors (Lipinski definition) is 13. The maximum Gasteiger partial charge on any atom is 0.288 e. The fourth-order valence-corrected chi connectivity index (χ4v) is 6.11. The van der Waals surface area contributed by atoms with Gasteiger partial charge in [-0.05, 0) is 0 Å². The summed E-state index contributed by atoms with van der Waals surface area (Å²) in [5.41, 5.74) is 10.3. The highest BCUT2D eigenvalue weighted by atomic mass is 16.7. The fourth-order valence-electron chi connectivity index (χ4n) is 6.11. The van der Waals surface area contributed by atoms with Crippen LogP contribution in [-0.2, 0) is 42.8 Å². The highest BCUT2D eigenvalue weighted by molar-refractivity contribution is 5.89. The van der Waals surface area contributed by atoms with E-state index in [1.807, 2.05) is 0 Å². The third-order valence-electron chi connectivity index (χ3n) is 9.37. The minimum absolute atomic E-state index is 0.339. The summed E-state index contributed by atoms with van der Waals surface area (Å²) < 4.78 is 34.2. The first-order chi connectivity index (χ1) is 29.0. The van der Waals surface area contributed by atoms with Crippen molar-refractivity contribution in [3.05, 3.63) is 24.3 Å². The summed E-state index contributed by atoms with van der Waals surface area (Å²) in [5.74, 6) is -4.94. The Bertz CT molecular complexity index is 1720. The van der Waals surface area contributed by atoms with Crippen LogP contribution in [0.4, 0.5) is 0 Å². The van der Waals surface area contributed by atoms with Gasteiger partial charge in [-0.1, -0.05) is 0 Å². The van der Waals surface area contributed by atoms with E-state index in [2.05, 4.69) is 36.1 Å². The van der Waals surface area contributed by atoms with Crippen molar-refractivity contribution in [3.8, 4) is 0 Å². The van der Waals surface area contributed by atoms with Crippen LogP contribution in [0.2, 0.25) is 0 Å². The summed E-state index contributed by atoms with van der Waals surface area (Å²) in [4.78, 5) is 68.3. The van der Waals surface area contributed by atoms with Crippen LogP contribution < -0.4 is 27.4 Å². The van der Waals surface area contributed by atoms with Gasteiger partial charge in [-0.15, -0.1) is 10.2 Å². The molecule has 0 bridgehead atoms. The van der Waals surface area contributed by atoms with Crippen molar-refractivity contribution in [2.24, 2.45) is 11.5 Å². The van der Waals surface area contributed by atoms with Gasteiger partial charge in [0.05, 0.1) is 25.9 Å². The molecule has 0 aliphatic carbocycles. The van der Waals surface area contributed by atoms with Crippen molar-refractivity contribution in [2.75, 3.05) is 52.7 Å². The fraction of sp³-hybridized carbons (Fsp3) is 0.710. The van der Waals surface area contributed by atoms with Crippen molar-refractivity contribution in [1.82, 2.24) is 45.5 Å². The molecule has 0 aromatic carbocycles. The number of aliphatic hydroxyl groups is 8. The molecule has 5 heterocycles. The number of nitrogens with one attached hydrogen (secondary N) is 3. The van der Waals surface area contributed by atoms with Crippen LogP contribution in [0.25, 0.3) is 0 Å². The van der Waals surface area contributed by atoms with E-state index >= 15 is 0 Å². The molecule has 5 amide bonds. The summed E-state index contributed by atoms with van der Waals surface area (Å²) in [6.45, 7) is -4.26. The van der Waals surface area contributed by atoms with E-state index < -0.39 is 155 Å². The maximum atomic E-state index is 12.9. The Morgan fingerprint density at radius 1 is 0.639 bits per heavy atom. The number of primary amides is 2. The molecule has 340 valence electrons. The lowest BCUT2D eigenvalue weighted by atomic mass is 9.99. The van der Waals surface area contributed by atoms with Crippen molar-refractivity contribution >= 4 is 29.5 Å². The van der Waals surface area contributed by atoms with E-state index in [-0.39, 0.29) is 24.7 Å². The number of hydrogen-bond acceptors (Lipinski definition) is 23. The number of amides is 5. The Labute approximate surface area is 342 Å². The minimum atomic E-state index is -1.80. The van der Waals surface area contributed by atoms with Crippen molar-refractivity contribution < 1.29 is 93.2 Å². The van der Waals surface area contributed by atoms with E-state index in [0.717, 1.165) is 22.0 Å². The zero-order valence-corrected chi connectivity index (χ0v) is 31.8. The summed E-state index contributed by atoms with van der Waals surface area (Å²) in [6, 6.07) is -1.06. The van der Waals surface area contributed by atoms with Crippen LogP contribution in [0.1, 0.15) is 33.7 Å². The first-order valence-electron chi connectivity index (χ1n) is 18.3. The molecule has 5 rings (SSSR count). The van der Waals surface area contributed by atoms with Crippen LogP contribution in [0.5, 0.6) is 0 Å². The third-order valence-corrected chi connectivity index (χ3v) is 9.37. The lowest BCUT2D eigenvalue weighted by molar-refractivity contribution is -0.299. The number of aromatic nitrogens is 6. The first-order valence-corrected chi connectivity index (χ1v) is 18.3. The summed E-state index contributed by atoms with van der Waals surface area (Å²) in [6.07, 6.45) is -16.9. The molecule has 0 saturated carbocycles. The second-order valence-corrected chi connectivity index (χ2v) is 13.8. The molecule has 0 spiro atoms. The quantitative estimate of drug-likeness (QED) is 0.0554. The Balaban J connectivity index is 1.10. The predicted molar refractivity (Wildman–Crippen MR) is 188 cm³/mol. The normalized spacial score (nSPS) is 31.7. The molecular formula is C31H47N11O19. The van der Waals surface area contributed by atoms with Crippen LogP contribution in [0.15, 0.2) is 12.7 Å². The topological polar surface area (TPSA) is 452 Å². The van der Waals surface area contributed by atoms with Gasteiger partial charge in [0.1, 0.15) is 93.5 Å². The van der Waals surface area contributed by atoms with Gasteiger partial charge in [0.2, 0.25) is 29.4 Å². The molecule has 15 N–H and O–H groups in total. The number of rotatable bonds is 21. The second kappa shape index (κ2) is 21.2. The Hall–Kier alpha value is -4.93. The van der Waals surface area contributed by atoms with E-state index in [9.17, 15) is 64.8 Å². The Kier molecular flexibility index (Phi) is 16.4. The standard InChI is InChI=1S/C31H47N11O19/c32-25(54)27-36-9-41(39-27)29-22(51)19(48)13(59-29)4-56-6-15(44)34-1-11(38-17(46)8-58-31-24(53)21(50)18(47)12(3-43)61-31)2-35-16(45)7-57-5-14-20(49)23(52)30(60-14)42-10-37-28(40-42)26(33)55/h9-14,18-24,29-31,43,47-53H,1-8H2,(H2,32,54)(H2,33,55)(H,34,44)(H,35,45)(H,38,46)/t12?,13-,14-,18?,19-,20-,21?,22-,23-,24?,29-,30-,31?/m1/s1. The number of ether oxygens (including phenoxy) is 6. The zero-order valence-electron chi connectivity index (χ0n) is 31.8. The average Bonchev–Trinajstić information content (AvgIpc) is 4.03.